The van der Waals surface area contributed by atoms with Gasteiger partial charge in [0.05, 0.1) is 23.8 Å². The molecule has 0 spiro atoms. The highest BCUT2D eigenvalue weighted by Gasteiger charge is 2.28. The first kappa shape index (κ1) is 13.9. The zero-order valence-electron chi connectivity index (χ0n) is 11.9. The fraction of sp³-hybridized carbons (Fsp3) is 0.786. The quantitative estimate of drug-likeness (QED) is 0.908. The van der Waals surface area contributed by atoms with Gasteiger partial charge in [-0.25, -0.2) is 4.98 Å². The lowest BCUT2D eigenvalue weighted by atomic mass is 9.93. The van der Waals surface area contributed by atoms with Crippen LogP contribution in [0.2, 0.25) is 0 Å². The summed E-state index contributed by atoms with van der Waals surface area (Å²) in [6.07, 6.45) is 11.6. The Labute approximate surface area is 115 Å². The molecule has 0 radical (unpaired) electrons. The third-order valence-electron chi connectivity index (χ3n) is 4.26. The number of rotatable bonds is 4. The number of thioether (sulfide) groups is 1. The van der Waals surface area contributed by atoms with Crippen LogP contribution in [-0.4, -0.2) is 28.1 Å². The fourth-order valence-corrected chi connectivity index (χ4v) is 3.61. The Bertz CT molecular complexity index is 386. The summed E-state index contributed by atoms with van der Waals surface area (Å²) < 4.78 is 2.40. The maximum Gasteiger partial charge on any atom is 0.0951 e. The van der Waals surface area contributed by atoms with E-state index in [4.69, 9.17) is 0 Å². The van der Waals surface area contributed by atoms with Crippen molar-refractivity contribution in [2.45, 2.75) is 56.4 Å². The zero-order chi connectivity index (χ0) is 13.2. The summed E-state index contributed by atoms with van der Waals surface area (Å²) in [5.41, 5.74) is 1.29. The van der Waals surface area contributed by atoms with Crippen LogP contribution in [0.4, 0.5) is 0 Å². The van der Waals surface area contributed by atoms with Crippen LogP contribution in [0.25, 0.3) is 0 Å². The van der Waals surface area contributed by atoms with Gasteiger partial charge in [-0.2, -0.15) is 11.8 Å². The highest BCUT2D eigenvalue weighted by Crippen LogP contribution is 2.36. The molecule has 18 heavy (non-hydrogen) atoms. The Balaban J connectivity index is 2.21. The van der Waals surface area contributed by atoms with E-state index in [0.717, 1.165) is 5.25 Å². The summed E-state index contributed by atoms with van der Waals surface area (Å²) in [7, 11) is 2.02. The highest BCUT2D eigenvalue weighted by molar-refractivity contribution is 7.99. The van der Waals surface area contributed by atoms with Crippen molar-refractivity contribution in [3.05, 3.63) is 18.2 Å². The Hall–Kier alpha value is -0.480. The maximum atomic E-state index is 4.38. The van der Waals surface area contributed by atoms with Gasteiger partial charge in [0.2, 0.25) is 0 Å². The van der Waals surface area contributed by atoms with E-state index in [1.165, 1.54) is 31.4 Å². The zero-order valence-corrected chi connectivity index (χ0v) is 12.8. The van der Waals surface area contributed by atoms with Gasteiger partial charge in [0, 0.05) is 11.3 Å². The average Bonchev–Trinajstić information content (AvgIpc) is 2.89. The van der Waals surface area contributed by atoms with E-state index in [1.54, 1.807) is 0 Å². The predicted octanol–water partition coefficient (Wildman–Crippen LogP) is 3.18. The van der Waals surface area contributed by atoms with Crippen molar-refractivity contribution in [2.75, 3.05) is 13.3 Å². The molecule has 0 bridgehead atoms. The van der Waals surface area contributed by atoms with Crippen LogP contribution in [0.1, 0.15) is 51.3 Å². The first-order valence-corrected chi connectivity index (χ1v) is 8.11. The minimum Gasteiger partial charge on any atom is -0.330 e. The third-order valence-corrected chi connectivity index (χ3v) is 5.35. The average molecular weight is 267 g/mol. The minimum absolute atomic E-state index is 0.0111. The largest absolute Gasteiger partial charge is 0.330 e. The molecule has 1 N–H and O–H groups in total. The molecule has 0 aliphatic heterocycles. The summed E-state index contributed by atoms with van der Waals surface area (Å²) >= 11 is 2.02. The molecule has 1 aromatic rings. The van der Waals surface area contributed by atoms with Crippen LogP contribution in [0.15, 0.2) is 12.5 Å². The second-order valence-electron chi connectivity index (χ2n) is 5.74. The van der Waals surface area contributed by atoms with Crippen LogP contribution in [-0.2, 0) is 5.54 Å². The van der Waals surface area contributed by atoms with E-state index in [9.17, 15) is 0 Å². The molecule has 2 unspecified atom stereocenters. The van der Waals surface area contributed by atoms with Crippen molar-refractivity contribution in [1.29, 1.82) is 0 Å². The van der Waals surface area contributed by atoms with Crippen molar-refractivity contribution < 1.29 is 0 Å². The molecule has 102 valence electrons. The molecule has 0 amide bonds. The molecule has 1 saturated carbocycles. The summed E-state index contributed by atoms with van der Waals surface area (Å²) in [5.74, 6) is 0. The molecule has 2 atom stereocenters. The number of nitrogens with one attached hydrogen (secondary N) is 1. The molecule has 2 rings (SSSR count). The Morgan fingerprint density at radius 2 is 2.22 bits per heavy atom. The number of imidazole rings is 1. The van der Waals surface area contributed by atoms with Gasteiger partial charge >= 0.3 is 0 Å². The summed E-state index contributed by atoms with van der Waals surface area (Å²) in [5, 5.41) is 4.20. The van der Waals surface area contributed by atoms with Crippen LogP contribution >= 0.6 is 11.8 Å². The van der Waals surface area contributed by atoms with E-state index >= 15 is 0 Å². The molecule has 1 aliphatic rings. The molecule has 1 aliphatic carbocycles. The topological polar surface area (TPSA) is 29.9 Å². The standard InChI is InChI=1S/C14H25N3S/c1-14(2,15-3)13-9-16-10-17(13)11-6-5-7-12(8-11)18-4/h9-12,15H,5-8H2,1-4H3. The Morgan fingerprint density at radius 3 is 2.89 bits per heavy atom. The van der Waals surface area contributed by atoms with Crippen LogP contribution in [0, 0.1) is 0 Å². The van der Waals surface area contributed by atoms with Gasteiger partial charge in [0.25, 0.3) is 0 Å². The maximum absolute atomic E-state index is 4.38. The molecule has 4 heteroatoms. The lowest BCUT2D eigenvalue weighted by Crippen LogP contribution is -2.36. The van der Waals surface area contributed by atoms with Crippen molar-refractivity contribution in [3.8, 4) is 0 Å². The van der Waals surface area contributed by atoms with E-state index in [-0.39, 0.29) is 5.54 Å². The third kappa shape index (κ3) is 2.75. The molecule has 1 fully saturated rings. The van der Waals surface area contributed by atoms with Crippen molar-refractivity contribution in [2.24, 2.45) is 0 Å². The van der Waals surface area contributed by atoms with E-state index < -0.39 is 0 Å². The van der Waals surface area contributed by atoms with Crippen molar-refractivity contribution >= 4 is 11.8 Å². The van der Waals surface area contributed by atoms with Gasteiger partial charge in [0.15, 0.2) is 0 Å². The van der Waals surface area contributed by atoms with Gasteiger partial charge < -0.3 is 9.88 Å². The molecular formula is C14H25N3S. The first-order chi connectivity index (χ1) is 8.58. The summed E-state index contributed by atoms with van der Waals surface area (Å²) in [6, 6.07) is 0.626. The van der Waals surface area contributed by atoms with Crippen LogP contribution in [0.3, 0.4) is 0 Å². The van der Waals surface area contributed by atoms with Crippen LogP contribution in [0.5, 0.6) is 0 Å². The smallest absolute Gasteiger partial charge is 0.0951 e. The molecule has 0 saturated heterocycles. The van der Waals surface area contributed by atoms with Gasteiger partial charge in [-0.05, 0) is 46.4 Å². The van der Waals surface area contributed by atoms with Crippen molar-refractivity contribution in [3.63, 3.8) is 0 Å². The SMILES string of the molecule is CNC(C)(C)c1cncn1C1CCCC(SC)C1. The Morgan fingerprint density at radius 1 is 1.44 bits per heavy atom. The van der Waals surface area contributed by atoms with Crippen molar-refractivity contribution in [1.82, 2.24) is 14.9 Å². The normalized spacial score (nSPS) is 25.3. The number of nitrogens with zero attached hydrogens (tertiary/aromatic N) is 2. The molecule has 1 aromatic heterocycles. The predicted molar refractivity (Wildman–Crippen MR) is 79.1 cm³/mol. The van der Waals surface area contributed by atoms with Gasteiger partial charge in [-0.3, -0.25) is 0 Å². The lowest BCUT2D eigenvalue weighted by molar-refractivity contribution is 0.323. The number of hydrogen-bond donors (Lipinski definition) is 1. The minimum atomic E-state index is -0.0111. The number of hydrogen-bond acceptors (Lipinski definition) is 3. The highest BCUT2D eigenvalue weighted by atomic mass is 32.2. The second kappa shape index (κ2) is 5.66. The van der Waals surface area contributed by atoms with E-state index in [1.807, 2.05) is 31.3 Å². The molecule has 1 heterocycles. The van der Waals surface area contributed by atoms with Gasteiger partial charge in [-0.15, -0.1) is 0 Å². The molecular weight excluding hydrogens is 242 g/mol. The lowest BCUT2D eigenvalue weighted by Gasteiger charge is -2.33. The summed E-state index contributed by atoms with van der Waals surface area (Å²) in [4.78, 5) is 4.38. The summed E-state index contributed by atoms with van der Waals surface area (Å²) in [6.45, 7) is 4.44. The molecule has 3 nitrogen and oxygen atoms in total. The Kier molecular flexibility index (Phi) is 4.38. The first-order valence-electron chi connectivity index (χ1n) is 6.82. The van der Waals surface area contributed by atoms with Crippen LogP contribution < -0.4 is 5.32 Å². The van der Waals surface area contributed by atoms with E-state index in [2.05, 4.69) is 35.0 Å². The van der Waals surface area contributed by atoms with Gasteiger partial charge in [-0.1, -0.05) is 6.42 Å². The monoisotopic (exact) mass is 267 g/mol. The van der Waals surface area contributed by atoms with Gasteiger partial charge in [0.1, 0.15) is 0 Å². The second-order valence-corrected chi connectivity index (χ2v) is 6.88. The van der Waals surface area contributed by atoms with E-state index in [0.29, 0.717) is 6.04 Å². The fourth-order valence-electron chi connectivity index (χ4n) is 2.79. The number of aromatic nitrogens is 2. The molecule has 0 aromatic carbocycles.